The monoisotopic (exact) mass is 288 g/mol. The summed E-state index contributed by atoms with van der Waals surface area (Å²) in [5, 5.41) is 9.11. The molecule has 2 aliphatic rings. The molecule has 2 fully saturated rings. The Morgan fingerprint density at radius 3 is 2.38 bits per heavy atom. The van der Waals surface area contributed by atoms with Crippen LogP contribution in [0.5, 0.6) is 0 Å². The molecule has 21 heavy (non-hydrogen) atoms. The van der Waals surface area contributed by atoms with Crippen LogP contribution in [0.2, 0.25) is 0 Å². The van der Waals surface area contributed by atoms with E-state index in [2.05, 4.69) is 0 Å². The number of carboxylic acid groups (broad SMARTS) is 1. The van der Waals surface area contributed by atoms with Crippen LogP contribution in [0.15, 0.2) is 24.3 Å². The molecule has 1 amide bonds. The maximum atomic E-state index is 12.8. The number of para-hydroxylation sites is 2. The average molecular weight is 288 g/mol. The Kier molecular flexibility index (Phi) is 3.57. The van der Waals surface area contributed by atoms with Crippen LogP contribution in [0.25, 0.3) is 0 Å². The quantitative estimate of drug-likeness (QED) is 0.831. The highest BCUT2D eigenvalue weighted by atomic mass is 16.4. The molecule has 1 aromatic carbocycles. The second-order valence-corrected chi connectivity index (χ2v) is 6.01. The van der Waals surface area contributed by atoms with E-state index in [1.807, 2.05) is 0 Å². The van der Waals surface area contributed by atoms with E-state index in [1.165, 1.54) is 17.7 Å². The second kappa shape index (κ2) is 5.39. The number of fused-ring (bicyclic) bond motifs is 1. The number of nitrogens with two attached hydrogens (primary N) is 1. The summed E-state index contributed by atoms with van der Waals surface area (Å²) < 4.78 is 0. The Balaban J connectivity index is 1.84. The third kappa shape index (κ3) is 2.60. The Morgan fingerprint density at radius 1 is 1.19 bits per heavy atom. The number of anilines is 2. The number of rotatable bonds is 4. The van der Waals surface area contributed by atoms with Crippen LogP contribution in [-0.4, -0.2) is 23.5 Å². The molecule has 3 rings (SSSR count). The van der Waals surface area contributed by atoms with E-state index in [0.29, 0.717) is 23.2 Å². The number of hydrogen-bond donors (Lipinski definition) is 2. The maximum absolute atomic E-state index is 12.8. The molecule has 112 valence electrons. The van der Waals surface area contributed by atoms with Gasteiger partial charge in [0.2, 0.25) is 5.91 Å². The van der Waals surface area contributed by atoms with Crippen molar-refractivity contribution in [1.29, 1.82) is 0 Å². The van der Waals surface area contributed by atoms with Crippen LogP contribution in [0, 0.1) is 17.8 Å². The van der Waals surface area contributed by atoms with E-state index in [1.54, 1.807) is 24.3 Å². The van der Waals surface area contributed by atoms with Crippen molar-refractivity contribution in [3.8, 4) is 0 Å². The van der Waals surface area contributed by atoms with Crippen molar-refractivity contribution in [2.24, 2.45) is 17.8 Å². The zero-order chi connectivity index (χ0) is 15.0. The van der Waals surface area contributed by atoms with Gasteiger partial charge in [-0.2, -0.15) is 0 Å². The number of carbonyl (C=O) groups excluding carboxylic acids is 1. The topological polar surface area (TPSA) is 83.6 Å². The third-order valence-corrected chi connectivity index (χ3v) is 4.73. The zero-order valence-electron chi connectivity index (χ0n) is 11.9. The minimum atomic E-state index is -1.02. The highest BCUT2D eigenvalue weighted by Gasteiger charge is 2.56. The molecule has 2 unspecified atom stereocenters. The highest BCUT2D eigenvalue weighted by Crippen LogP contribution is 2.56. The third-order valence-electron chi connectivity index (χ3n) is 4.73. The lowest BCUT2D eigenvalue weighted by Gasteiger charge is -2.22. The fourth-order valence-electron chi connectivity index (χ4n) is 3.69. The van der Waals surface area contributed by atoms with Crippen LogP contribution in [-0.2, 0) is 9.59 Å². The normalized spacial score (nSPS) is 26.8. The minimum absolute atomic E-state index is 0.00791. The second-order valence-electron chi connectivity index (χ2n) is 6.01. The number of aliphatic carboxylic acids is 1. The first-order valence-electron chi connectivity index (χ1n) is 7.47. The molecule has 5 heteroatoms. The van der Waals surface area contributed by atoms with Crippen LogP contribution < -0.4 is 10.6 Å². The number of hydrogen-bond acceptors (Lipinski definition) is 3. The van der Waals surface area contributed by atoms with Gasteiger partial charge in [-0.05, 0) is 36.8 Å². The molecule has 0 aliphatic heterocycles. The van der Waals surface area contributed by atoms with E-state index >= 15 is 0 Å². The fraction of sp³-hybridized carbons (Fsp3) is 0.500. The molecular formula is C16H20N2O3. The Bertz CT molecular complexity index is 560. The van der Waals surface area contributed by atoms with Gasteiger partial charge in [0.25, 0.3) is 0 Å². The van der Waals surface area contributed by atoms with Gasteiger partial charge < -0.3 is 10.8 Å². The van der Waals surface area contributed by atoms with Crippen LogP contribution in [0.3, 0.4) is 0 Å². The predicted octanol–water partition coefficient (Wildman–Crippen LogP) is 2.12. The lowest BCUT2D eigenvalue weighted by molar-refractivity contribution is -0.136. The summed E-state index contributed by atoms with van der Waals surface area (Å²) in [6, 6.07) is 6.95. The maximum Gasteiger partial charge on any atom is 0.323 e. The first-order chi connectivity index (χ1) is 10.1. The van der Waals surface area contributed by atoms with Crippen molar-refractivity contribution in [1.82, 2.24) is 0 Å². The standard InChI is InChI=1S/C16H20N2O3/c17-12-7-3-4-8-13(12)18(9-14(19)20)16(21)15-10-5-1-2-6-11(10)15/h3-4,7-8,10-11,15H,1-2,5-6,9,17H2,(H,19,20). The van der Waals surface area contributed by atoms with E-state index in [4.69, 9.17) is 10.8 Å². The van der Waals surface area contributed by atoms with Crippen molar-refractivity contribution in [2.45, 2.75) is 25.7 Å². The van der Waals surface area contributed by atoms with Gasteiger partial charge in [-0.25, -0.2) is 0 Å². The summed E-state index contributed by atoms with van der Waals surface area (Å²) in [5.41, 5.74) is 6.86. The molecule has 0 heterocycles. The predicted molar refractivity (Wildman–Crippen MR) is 79.8 cm³/mol. The largest absolute Gasteiger partial charge is 0.480 e. The number of nitrogen functional groups attached to an aromatic ring is 1. The molecule has 2 atom stereocenters. The molecule has 2 saturated carbocycles. The summed E-state index contributed by atoms with van der Waals surface area (Å²) in [7, 11) is 0. The van der Waals surface area contributed by atoms with Crippen molar-refractivity contribution < 1.29 is 14.7 Å². The summed E-state index contributed by atoms with van der Waals surface area (Å²) in [4.78, 5) is 25.2. The van der Waals surface area contributed by atoms with E-state index < -0.39 is 5.97 Å². The summed E-state index contributed by atoms with van der Waals surface area (Å²) in [6.07, 6.45) is 4.53. The summed E-state index contributed by atoms with van der Waals surface area (Å²) >= 11 is 0. The van der Waals surface area contributed by atoms with E-state index in [9.17, 15) is 9.59 Å². The first kappa shape index (κ1) is 13.9. The van der Waals surface area contributed by atoms with Crippen LogP contribution in [0.1, 0.15) is 25.7 Å². The van der Waals surface area contributed by atoms with Crippen LogP contribution >= 0.6 is 0 Å². The van der Waals surface area contributed by atoms with Gasteiger partial charge in [-0.15, -0.1) is 0 Å². The lowest BCUT2D eigenvalue weighted by Crippen LogP contribution is -2.37. The summed E-state index contributed by atoms with van der Waals surface area (Å²) in [5.74, 6) is -0.200. The SMILES string of the molecule is Nc1ccccc1N(CC(=O)O)C(=O)C1C2CCCCC21. The van der Waals surface area contributed by atoms with Gasteiger partial charge in [0, 0.05) is 5.92 Å². The Hall–Kier alpha value is -2.04. The van der Waals surface area contributed by atoms with E-state index in [-0.39, 0.29) is 18.4 Å². The molecule has 3 N–H and O–H groups in total. The lowest BCUT2D eigenvalue weighted by atomic mass is 10.0. The molecular weight excluding hydrogens is 268 g/mol. The molecule has 0 spiro atoms. The van der Waals surface area contributed by atoms with Gasteiger partial charge in [-0.3, -0.25) is 14.5 Å². The number of carbonyl (C=O) groups is 2. The Labute approximate surface area is 123 Å². The average Bonchev–Trinajstić information content (AvgIpc) is 3.19. The number of benzene rings is 1. The molecule has 2 aliphatic carbocycles. The van der Waals surface area contributed by atoms with Crippen molar-refractivity contribution in [2.75, 3.05) is 17.2 Å². The van der Waals surface area contributed by atoms with E-state index in [0.717, 1.165) is 12.8 Å². The number of nitrogens with zero attached hydrogens (tertiary/aromatic N) is 1. The summed E-state index contributed by atoms with van der Waals surface area (Å²) in [6.45, 7) is -0.330. The molecule has 0 bridgehead atoms. The molecule has 5 nitrogen and oxygen atoms in total. The van der Waals surface area contributed by atoms with Crippen molar-refractivity contribution >= 4 is 23.3 Å². The minimum Gasteiger partial charge on any atom is -0.480 e. The zero-order valence-corrected chi connectivity index (χ0v) is 11.9. The van der Waals surface area contributed by atoms with Crippen molar-refractivity contribution in [3.05, 3.63) is 24.3 Å². The molecule has 0 aromatic heterocycles. The Morgan fingerprint density at radius 2 is 1.81 bits per heavy atom. The van der Waals surface area contributed by atoms with Crippen molar-refractivity contribution in [3.63, 3.8) is 0 Å². The molecule has 0 saturated heterocycles. The molecule has 1 aromatic rings. The van der Waals surface area contributed by atoms with Gasteiger partial charge >= 0.3 is 5.97 Å². The number of amides is 1. The van der Waals surface area contributed by atoms with Gasteiger partial charge in [0.15, 0.2) is 0 Å². The first-order valence-corrected chi connectivity index (χ1v) is 7.47. The van der Waals surface area contributed by atoms with Crippen LogP contribution in [0.4, 0.5) is 11.4 Å². The number of carboxylic acids is 1. The van der Waals surface area contributed by atoms with Gasteiger partial charge in [0.1, 0.15) is 6.54 Å². The smallest absolute Gasteiger partial charge is 0.323 e. The fourth-order valence-corrected chi connectivity index (χ4v) is 3.69. The highest BCUT2D eigenvalue weighted by molar-refractivity contribution is 6.02. The molecule has 0 radical (unpaired) electrons. The van der Waals surface area contributed by atoms with Gasteiger partial charge in [-0.1, -0.05) is 25.0 Å². The van der Waals surface area contributed by atoms with Gasteiger partial charge in [0.05, 0.1) is 11.4 Å².